The van der Waals surface area contributed by atoms with Gasteiger partial charge in [0.05, 0.1) is 34.9 Å². The van der Waals surface area contributed by atoms with Crippen LogP contribution >= 0.6 is 27.5 Å². The van der Waals surface area contributed by atoms with E-state index in [4.69, 9.17) is 16.3 Å². The van der Waals surface area contributed by atoms with Crippen LogP contribution in [-0.4, -0.2) is 28.9 Å². The zero-order valence-electron chi connectivity index (χ0n) is 9.12. The summed E-state index contributed by atoms with van der Waals surface area (Å²) in [5.41, 5.74) is 2.42. The summed E-state index contributed by atoms with van der Waals surface area (Å²) in [4.78, 5) is 0. The normalized spacial score (nSPS) is 20.2. The molecule has 1 aromatic heterocycles. The van der Waals surface area contributed by atoms with E-state index in [1.54, 1.807) is 7.11 Å². The third-order valence-electron chi connectivity index (χ3n) is 2.68. The molecule has 0 radical (unpaired) electrons. The molecule has 16 heavy (non-hydrogen) atoms. The van der Waals surface area contributed by atoms with Gasteiger partial charge in [0, 0.05) is 7.11 Å². The molecule has 0 saturated carbocycles. The highest BCUT2D eigenvalue weighted by Crippen LogP contribution is 2.34. The minimum atomic E-state index is 0.160. The number of alkyl halides is 1. The lowest BCUT2D eigenvalue weighted by Crippen LogP contribution is -2.08. The highest BCUT2D eigenvalue weighted by atomic mass is 79.9. The quantitative estimate of drug-likeness (QED) is 0.799. The van der Waals surface area contributed by atoms with E-state index in [0.29, 0.717) is 6.61 Å². The second kappa shape index (κ2) is 5.34. The summed E-state index contributed by atoms with van der Waals surface area (Å²) < 4.78 is 8.07. The van der Waals surface area contributed by atoms with Gasteiger partial charge in [-0.05, 0) is 34.3 Å². The maximum atomic E-state index is 6.09. The number of nitrogens with zero attached hydrogens (tertiary/aromatic N) is 2. The molecule has 1 heterocycles. The van der Waals surface area contributed by atoms with Crippen LogP contribution in [0.25, 0.3) is 5.57 Å². The van der Waals surface area contributed by atoms with Crippen molar-refractivity contribution in [1.82, 2.24) is 9.78 Å². The zero-order valence-corrected chi connectivity index (χ0v) is 11.5. The van der Waals surface area contributed by atoms with Crippen molar-refractivity contribution in [3.05, 3.63) is 22.4 Å². The lowest BCUT2D eigenvalue weighted by molar-refractivity contribution is 0.183. The van der Waals surface area contributed by atoms with Crippen LogP contribution in [-0.2, 0) is 11.3 Å². The molecule has 0 amide bonds. The first-order valence-corrected chi connectivity index (χ1v) is 6.50. The van der Waals surface area contributed by atoms with E-state index in [1.807, 2.05) is 10.9 Å². The minimum absolute atomic E-state index is 0.160. The van der Waals surface area contributed by atoms with Crippen LogP contribution in [0, 0.1) is 0 Å². The van der Waals surface area contributed by atoms with Crippen molar-refractivity contribution in [1.29, 1.82) is 0 Å². The Morgan fingerprint density at radius 3 is 3.12 bits per heavy atom. The average Bonchev–Trinajstić information content (AvgIpc) is 2.82. The van der Waals surface area contributed by atoms with Crippen molar-refractivity contribution >= 4 is 33.1 Å². The Morgan fingerprint density at radius 2 is 2.50 bits per heavy atom. The summed E-state index contributed by atoms with van der Waals surface area (Å²) in [5.74, 6) is 0. The van der Waals surface area contributed by atoms with E-state index >= 15 is 0 Å². The summed E-state index contributed by atoms with van der Waals surface area (Å²) in [6, 6.07) is 0. The molecular weight excluding hydrogens is 291 g/mol. The topological polar surface area (TPSA) is 27.1 Å². The molecule has 0 saturated heterocycles. The fourth-order valence-corrected chi connectivity index (χ4v) is 2.72. The predicted octanol–water partition coefficient (Wildman–Crippen LogP) is 3.08. The molecule has 5 heteroatoms. The molecule has 0 aliphatic heterocycles. The second-order valence-electron chi connectivity index (χ2n) is 3.80. The van der Waals surface area contributed by atoms with Gasteiger partial charge in [0.1, 0.15) is 0 Å². The van der Waals surface area contributed by atoms with Gasteiger partial charge in [-0.25, -0.2) is 0 Å². The number of allylic oxidation sites excluding steroid dienone is 2. The van der Waals surface area contributed by atoms with Crippen molar-refractivity contribution in [3.8, 4) is 0 Å². The average molecular weight is 306 g/mol. The zero-order chi connectivity index (χ0) is 11.5. The molecule has 0 N–H and O–H groups in total. The van der Waals surface area contributed by atoms with E-state index in [9.17, 15) is 0 Å². The lowest BCUT2D eigenvalue weighted by atomic mass is 10.2. The van der Waals surface area contributed by atoms with Crippen LogP contribution in [0.5, 0.6) is 0 Å². The molecule has 88 valence electrons. The standard InChI is InChI=1S/C11H14BrClN2O/c1-16-5-4-15-11(10(12)7-14-15)8-2-3-9(13)6-8/h6-7,9H,2-5H2,1H3. The number of rotatable bonds is 4. The Bertz CT molecular complexity index is 403. The molecule has 3 nitrogen and oxygen atoms in total. The fourth-order valence-electron chi connectivity index (χ4n) is 1.90. The molecule has 1 aromatic rings. The van der Waals surface area contributed by atoms with Crippen molar-refractivity contribution in [2.45, 2.75) is 24.8 Å². The predicted molar refractivity (Wildman–Crippen MR) is 68.7 cm³/mol. The number of hydrogen-bond donors (Lipinski definition) is 0. The molecule has 0 fully saturated rings. The molecule has 0 bridgehead atoms. The monoisotopic (exact) mass is 304 g/mol. The molecule has 0 spiro atoms. The summed E-state index contributed by atoms with van der Waals surface area (Å²) in [6.45, 7) is 1.43. The highest BCUT2D eigenvalue weighted by molar-refractivity contribution is 9.10. The number of ether oxygens (including phenoxy) is 1. The smallest absolute Gasteiger partial charge is 0.0782 e. The third kappa shape index (κ3) is 2.50. The van der Waals surface area contributed by atoms with Crippen molar-refractivity contribution in [2.75, 3.05) is 13.7 Å². The first-order chi connectivity index (χ1) is 7.72. The highest BCUT2D eigenvalue weighted by Gasteiger charge is 2.20. The van der Waals surface area contributed by atoms with Crippen molar-refractivity contribution in [3.63, 3.8) is 0 Å². The number of hydrogen-bond acceptors (Lipinski definition) is 2. The van der Waals surface area contributed by atoms with Gasteiger partial charge in [-0.15, -0.1) is 11.6 Å². The molecular formula is C11H14BrClN2O. The first kappa shape index (κ1) is 12.1. The Balaban J connectivity index is 2.25. The van der Waals surface area contributed by atoms with Gasteiger partial charge < -0.3 is 4.74 Å². The van der Waals surface area contributed by atoms with Gasteiger partial charge >= 0.3 is 0 Å². The van der Waals surface area contributed by atoms with Gasteiger partial charge in [0.15, 0.2) is 0 Å². The maximum Gasteiger partial charge on any atom is 0.0782 e. The van der Waals surface area contributed by atoms with Gasteiger partial charge in [-0.2, -0.15) is 5.10 Å². The van der Waals surface area contributed by atoms with Crippen LogP contribution in [0.1, 0.15) is 18.5 Å². The van der Waals surface area contributed by atoms with E-state index in [-0.39, 0.29) is 5.38 Å². The Kier molecular flexibility index (Phi) is 4.05. The van der Waals surface area contributed by atoms with Gasteiger partial charge in [-0.3, -0.25) is 4.68 Å². The molecule has 2 rings (SSSR count). The third-order valence-corrected chi connectivity index (χ3v) is 3.60. The van der Waals surface area contributed by atoms with Crippen molar-refractivity contribution < 1.29 is 4.74 Å². The molecule has 0 aromatic carbocycles. The van der Waals surface area contributed by atoms with Crippen LogP contribution in [0.3, 0.4) is 0 Å². The van der Waals surface area contributed by atoms with E-state index in [0.717, 1.165) is 29.6 Å². The first-order valence-electron chi connectivity index (χ1n) is 5.27. The summed E-state index contributed by atoms with van der Waals surface area (Å²) in [7, 11) is 1.70. The summed E-state index contributed by atoms with van der Waals surface area (Å²) >= 11 is 9.62. The van der Waals surface area contributed by atoms with Crippen molar-refractivity contribution in [2.24, 2.45) is 0 Å². The minimum Gasteiger partial charge on any atom is -0.383 e. The van der Waals surface area contributed by atoms with Gasteiger partial charge in [0.25, 0.3) is 0 Å². The lowest BCUT2D eigenvalue weighted by Gasteiger charge is -2.08. The SMILES string of the molecule is COCCn1ncc(Br)c1C1=CC(Cl)CC1. The molecule has 1 unspecified atom stereocenters. The number of aromatic nitrogens is 2. The number of methoxy groups -OCH3 is 1. The fraction of sp³-hybridized carbons (Fsp3) is 0.545. The molecule has 1 atom stereocenters. The molecule has 1 aliphatic carbocycles. The number of halogens is 2. The Labute approximate surface area is 109 Å². The molecule has 1 aliphatic rings. The van der Waals surface area contributed by atoms with Crippen LogP contribution in [0.4, 0.5) is 0 Å². The Morgan fingerprint density at radius 1 is 1.69 bits per heavy atom. The maximum absolute atomic E-state index is 6.09. The van der Waals surface area contributed by atoms with Crippen LogP contribution in [0.15, 0.2) is 16.7 Å². The van der Waals surface area contributed by atoms with Crippen LogP contribution < -0.4 is 0 Å². The van der Waals surface area contributed by atoms with Crippen LogP contribution in [0.2, 0.25) is 0 Å². The Hall–Kier alpha value is -0.320. The second-order valence-corrected chi connectivity index (χ2v) is 5.22. The van der Waals surface area contributed by atoms with Gasteiger partial charge in [-0.1, -0.05) is 6.08 Å². The van der Waals surface area contributed by atoms with E-state index < -0.39 is 0 Å². The van der Waals surface area contributed by atoms with E-state index in [1.165, 1.54) is 5.57 Å². The summed E-state index contributed by atoms with van der Waals surface area (Å²) in [5, 5.41) is 4.49. The van der Waals surface area contributed by atoms with Gasteiger partial charge in [0.2, 0.25) is 0 Å². The summed E-state index contributed by atoms with van der Waals surface area (Å²) in [6.07, 6.45) is 5.98. The van der Waals surface area contributed by atoms with E-state index in [2.05, 4.69) is 27.1 Å². The largest absolute Gasteiger partial charge is 0.383 e.